The minimum Gasteiger partial charge on any atom is -0.475 e. The third-order valence-corrected chi connectivity index (χ3v) is 2.32. The van der Waals surface area contributed by atoms with Gasteiger partial charge in [0.2, 0.25) is 0 Å². The van der Waals surface area contributed by atoms with E-state index < -0.39 is 23.4 Å². The third kappa shape index (κ3) is 2.06. The molecule has 18 heavy (non-hydrogen) atoms. The Morgan fingerprint density at radius 3 is 2.72 bits per heavy atom. The van der Waals surface area contributed by atoms with Crippen molar-refractivity contribution in [1.29, 1.82) is 0 Å². The van der Waals surface area contributed by atoms with E-state index in [0.29, 0.717) is 12.5 Å². The molecule has 5 nitrogen and oxygen atoms in total. The minimum absolute atomic E-state index is 0.0340. The number of nitrogens with zero attached hydrogens (tertiary/aromatic N) is 3. The molecule has 0 aliphatic heterocycles. The van der Waals surface area contributed by atoms with Gasteiger partial charge in [-0.2, -0.15) is 0 Å². The first-order valence-corrected chi connectivity index (χ1v) is 5.17. The number of rotatable bonds is 3. The van der Waals surface area contributed by atoms with Crippen molar-refractivity contribution in [3.63, 3.8) is 0 Å². The maximum absolute atomic E-state index is 13.6. The van der Waals surface area contributed by atoms with Crippen LogP contribution in [0.4, 0.5) is 8.78 Å². The van der Waals surface area contributed by atoms with Gasteiger partial charge in [-0.15, -0.1) is 5.10 Å². The van der Waals surface area contributed by atoms with E-state index in [-0.39, 0.29) is 11.5 Å². The van der Waals surface area contributed by atoms with Crippen molar-refractivity contribution >= 4 is 5.97 Å². The molecule has 0 atom stereocenters. The SMILES string of the molecule is CCc1nc(C(=O)O)nn1-c1ccc(F)cc1F. The van der Waals surface area contributed by atoms with Gasteiger partial charge in [0.15, 0.2) is 5.82 Å². The van der Waals surface area contributed by atoms with Gasteiger partial charge in [0.25, 0.3) is 5.82 Å². The van der Waals surface area contributed by atoms with Gasteiger partial charge in [-0.3, -0.25) is 0 Å². The van der Waals surface area contributed by atoms with Crippen molar-refractivity contribution < 1.29 is 18.7 Å². The number of hydrogen-bond acceptors (Lipinski definition) is 3. The van der Waals surface area contributed by atoms with Crippen molar-refractivity contribution in [2.24, 2.45) is 0 Å². The van der Waals surface area contributed by atoms with Gasteiger partial charge in [0.05, 0.1) is 0 Å². The number of carboxylic acid groups (broad SMARTS) is 1. The lowest BCUT2D eigenvalue weighted by atomic mass is 10.3. The highest BCUT2D eigenvalue weighted by molar-refractivity contribution is 5.83. The summed E-state index contributed by atoms with van der Waals surface area (Å²) in [5.74, 6) is -2.97. The molecule has 0 radical (unpaired) electrons. The van der Waals surface area contributed by atoms with Crippen LogP contribution in [0.5, 0.6) is 0 Å². The number of benzene rings is 1. The van der Waals surface area contributed by atoms with Crippen LogP contribution >= 0.6 is 0 Å². The lowest BCUT2D eigenvalue weighted by Crippen LogP contribution is -2.05. The molecular weight excluding hydrogens is 244 g/mol. The van der Waals surface area contributed by atoms with E-state index in [1.165, 1.54) is 6.07 Å². The lowest BCUT2D eigenvalue weighted by Gasteiger charge is -2.05. The van der Waals surface area contributed by atoms with E-state index in [2.05, 4.69) is 10.1 Å². The van der Waals surface area contributed by atoms with E-state index in [1.807, 2.05) is 0 Å². The fourth-order valence-corrected chi connectivity index (χ4v) is 1.51. The second kappa shape index (κ2) is 4.52. The van der Waals surface area contributed by atoms with Gasteiger partial charge in [0.1, 0.15) is 17.3 Å². The first kappa shape index (κ1) is 12.2. The molecule has 2 aromatic rings. The van der Waals surface area contributed by atoms with Crippen molar-refractivity contribution in [3.8, 4) is 5.69 Å². The Labute approximate surface area is 101 Å². The van der Waals surface area contributed by atoms with Crippen LogP contribution in [-0.4, -0.2) is 25.8 Å². The van der Waals surface area contributed by atoms with Crippen molar-refractivity contribution in [1.82, 2.24) is 14.8 Å². The third-order valence-electron chi connectivity index (χ3n) is 2.32. The van der Waals surface area contributed by atoms with Crippen molar-refractivity contribution in [3.05, 3.63) is 41.5 Å². The smallest absolute Gasteiger partial charge is 0.375 e. The first-order valence-electron chi connectivity index (χ1n) is 5.17. The minimum atomic E-state index is -1.30. The Balaban J connectivity index is 2.58. The Morgan fingerprint density at radius 2 is 2.17 bits per heavy atom. The van der Waals surface area contributed by atoms with Crippen LogP contribution in [0, 0.1) is 11.6 Å². The Hall–Kier alpha value is -2.31. The van der Waals surface area contributed by atoms with Crippen LogP contribution in [0.1, 0.15) is 23.4 Å². The molecule has 0 saturated carbocycles. The summed E-state index contributed by atoms with van der Waals surface area (Å²) in [6.07, 6.45) is 0.372. The lowest BCUT2D eigenvalue weighted by molar-refractivity contribution is 0.0683. The first-order chi connectivity index (χ1) is 8.52. The van der Waals surface area contributed by atoms with Crippen LogP contribution in [0.25, 0.3) is 5.69 Å². The molecule has 0 unspecified atom stereocenters. The summed E-state index contributed by atoms with van der Waals surface area (Å²) in [4.78, 5) is 14.5. The van der Waals surface area contributed by atoms with Crippen molar-refractivity contribution in [2.75, 3.05) is 0 Å². The van der Waals surface area contributed by atoms with Gasteiger partial charge >= 0.3 is 5.97 Å². The molecule has 0 saturated heterocycles. The van der Waals surface area contributed by atoms with Gasteiger partial charge in [-0.25, -0.2) is 23.2 Å². The summed E-state index contributed by atoms with van der Waals surface area (Å²) >= 11 is 0. The van der Waals surface area contributed by atoms with Crippen LogP contribution in [0.15, 0.2) is 18.2 Å². The fourth-order valence-electron chi connectivity index (χ4n) is 1.51. The zero-order valence-corrected chi connectivity index (χ0v) is 9.39. The molecule has 2 rings (SSSR count). The van der Waals surface area contributed by atoms with Gasteiger partial charge < -0.3 is 5.11 Å². The van der Waals surface area contributed by atoms with E-state index in [9.17, 15) is 13.6 Å². The molecule has 0 bridgehead atoms. The maximum atomic E-state index is 13.6. The van der Waals surface area contributed by atoms with Crippen LogP contribution < -0.4 is 0 Å². The summed E-state index contributed by atoms with van der Waals surface area (Å²) in [6.45, 7) is 1.73. The number of carboxylic acids is 1. The molecular formula is C11H9F2N3O2. The number of halogens is 2. The maximum Gasteiger partial charge on any atom is 0.375 e. The van der Waals surface area contributed by atoms with Crippen LogP contribution in [0.3, 0.4) is 0 Å². The van der Waals surface area contributed by atoms with E-state index in [4.69, 9.17) is 5.11 Å². The summed E-state index contributed by atoms with van der Waals surface area (Å²) in [5.41, 5.74) is -0.0340. The zero-order valence-electron chi connectivity index (χ0n) is 9.39. The fraction of sp³-hybridized carbons (Fsp3) is 0.182. The average Bonchev–Trinajstić information content (AvgIpc) is 2.73. The quantitative estimate of drug-likeness (QED) is 0.905. The number of hydrogen-bond donors (Lipinski definition) is 1. The Kier molecular flexibility index (Phi) is 3.05. The Morgan fingerprint density at radius 1 is 1.44 bits per heavy atom. The summed E-state index contributed by atoms with van der Waals surface area (Å²) < 4.78 is 27.5. The van der Waals surface area contributed by atoms with E-state index in [1.54, 1.807) is 6.92 Å². The predicted octanol–water partition coefficient (Wildman–Crippen LogP) is 1.81. The molecule has 0 spiro atoms. The summed E-state index contributed by atoms with van der Waals surface area (Å²) in [5, 5.41) is 12.5. The second-order valence-corrected chi connectivity index (χ2v) is 3.52. The topological polar surface area (TPSA) is 68.0 Å². The molecule has 1 heterocycles. The van der Waals surface area contributed by atoms with Gasteiger partial charge in [-0.05, 0) is 12.1 Å². The summed E-state index contributed by atoms with van der Waals surface area (Å²) in [7, 11) is 0. The molecule has 1 aromatic carbocycles. The van der Waals surface area contributed by atoms with Gasteiger partial charge in [0, 0.05) is 12.5 Å². The summed E-state index contributed by atoms with van der Waals surface area (Å²) in [6, 6.07) is 2.96. The molecule has 1 N–H and O–H groups in total. The van der Waals surface area contributed by atoms with E-state index in [0.717, 1.165) is 10.7 Å². The highest BCUT2D eigenvalue weighted by Gasteiger charge is 2.17. The van der Waals surface area contributed by atoms with Crippen LogP contribution in [0.2, 0.25) is 0 Å². The molecule has 0 aliphatic carbocycles. The van der Waals surface area contributed by atoms with Gasteiger partial charge in [-0.1, -0.05) is 6.92 Å². The largest absolute Gasteiger partial charge is 0.475 e. The normalized spacial score (nSPS) is 10.6. The predicted molar refractivity (Wildman–Crippen MR) is 57.6 cm³/mol. The number of aromatic nitrogens is 3. The molecule has 7 heteroatoms. The molecule has 0 fully saturated rings. The molecule has 0 aliphatic rings. The van der Waals surface area contributed by atoms with E-state index >= 15 is 0 Å². The number of aryl methyl sites for hydroxylation is 1. The highest BCUT2D eigenvalue weighted by atomic mass is 19.1. The number of aromatic carboxylic acids is 1. The zero-order chi connectivity index (χ0) is 13.3. The molecule has 1 aromatic heterocycles. The average molecular weight is 253 g/mol. The second-order valence-electron chi connectivity index (χ2n) is 3.52. The standard InChI is InChI=1S/C11H9F2N3O2/c1-2-9-14-10(11(17)18)15-16(9)8-4-3-6(12)5-7(8)13/h3-5H,2H2,1H3,(H,17,18). The molecule has 0 amide bonds. The van der Waals surface area contributed by atoms with Crippen molar-refractivity contribution in [2.45, 2.75) is 13.3 Å². The highest BCUT2D eigenvalue weighted by Crippen LogP contribution is 2.16. The van der Waals surface area contributed by atoms with Crippen LogP contribution in [-0.2, 0) is 6.42 Å². The monoisotopic (exact) mass is 253 g/mol. The molecule has 94 valence electrons. The number of carbonyl (C=O) groups is 1. The Bertz CT molecular complexity index is 610.